The van der Waals surface area contributed by atoms with Gasteiger partial charge in [0.15, 0.2) is 0 Å². The average molecular weight is 372 g/mol. The van der Waals surface area contributed by atoms with Crippen molar-refractivity contribution >= 4 is 22.7 Å². The maximum atomic E-state index is 9.49. The molecular formula is C20H16N6S. The van der Waals surface area contributed by atoms with Crippen molar-refractivity contribution in [3.05, 3.63) is 83.1 Å². The maximum absolute atomic E-state index is 9.49. The molecule has 0 saturated carbocycles. The molecule has 0 radical (unpaired) electrons. The average Bonchev–Trinajstić information content (AvgIpc) is 3.41. The van der Waals surface area contributed by atoms with Crippen LogP contribution in [-0.2, 0) is 6.54 Å². The molecule has 2 heterocycles. The van der Waals surface area contributed by atoms with Crippen LogP contribution in [0.25, 0.3) is 11.1 Å². The molecule has 2 aromatic carbocycles. The molecule has 0 amide bonds. The highest BCUT2D eigenvalue weighted by Gasteiger charge is 2.14. The van der Waals surface area contributed by atoms with E-state index in [4.69, 9.17) is 5.73 Å². The van der Waals surface area contributed by atoms with Crippen LogP contribution in [0.5, 0.6) is 0 Å². The summed E-state index contributed by atoms with van der Waals surface area (Å²) in [5.74, 6) is 0. The second-order valence-corrected chi connectivity index (χ2v) is 6.77. The van der Waals surface area contributed by atoms with Gasteiger partial charge in [-0.2, -0.15) is 16.6 Å². The second kappa shape index (κ2) is 7.32. The lowest BCUT2D eigenvalue weighted by Gasteiger charge is -2.25. The van der Waals surface area contributed by atoms with E-state index in [-0.39, 0.29) is 0 Å². The lowest BCUT2D eigenvalue weighted by atomic mass is 10.0. The monoisotopic (exact) mass is 372 g/mol. The molecule has 0 fully saturated rings. The molecule has 2 N–H and O–H groups in total. The first kappa shape index (κ1) is 16.8. The van der Waals surface area contributed by atoms with Crippen molar-refractivity contribution in [2.24, 2.45) is 0 Å². The van der Waals surface area contributed by atoms with Crippen LogP contribution >= 0.6 is 11.3 Å². The lowest BCUT2D eigenvalue weighted by molar-refractivity contribution is 0.686. The third-order valence-corrected chi connectivity index (χ3v) is 4.93. The van der Waals surface area contributed by atoms with Gasteiger partial charge < -0.3 is 5.73 Å². The molecule has 0 unspecified atom stereocenters. The zero-order valence-corrected chi connectivity index (χ0v) is 15.2. The molecule has 0 aliphatic heterocycles. The summed E-state index contributed by atoms with van der Waals surface area (Å²) in [6, 6.07) is 17.9. The summed E-state index contributed by atoms with van der Waals surface area (Å²) in [4.78, 5) is 0. The van der Waals surface area contributed by atoms with Crippen LogP contribution in [-0.4, -0.2) is 14.9 Å². The predicted octanol–water partition coefficient (Wildman–Crippen LogP) is 3.93. The van der Waals surface area contributed by atoms with Crippen molar-refractivity contribution in [1.29, 1.82) is 5.26 Å². The number of benzene rings is 2. The minimum Gasteiger partial charge on any atom is -0.399 e. The number of rotatable bonds is 5. The first-order valence-corrected chi connectivity index (χ1v) is 9.22. The van der Waals surface area contributed by atoms with E-state index in [1.807, 2.05) is 69.0 Å². The summed E-state index contributed by atoms with van der Waals surface area (Å²) in [7, 11) is 0. The van der Waals surface area contributed by atoms with Crippen LogP contribution in [0.4, 0.5) is 11.4 Å². The van der Waals surface area contributed by atoms with Gasteiger partial charge >= 0.3 is 0 Å². The van der Waals surface area contributed by atoms with Gasteiger partial charge in [-0.15, -0.1) is 10.2 Å². The molecule has 4 rings (SSSR count). The van der Waals surface area contributed by atoms with Crippen molar-refractivity contribution in [1.82, 2.24) is 14.9 Å². The number of hydrogen-bond donors (Lipinski definition) is 1. The number of nitriles is 1. The Hall–Kier alpha value is -3.63. The highest BCUT2D eigenvalue weighted by Crippen LogP contribution is 2.30. The molecule has 2 aromatic heterocycles. The smallest absolute Gasteiger partial charge is 0.139 e. The molecular weight excluding hydrogens is 356 g/mol. The van der Waals surface area contributed by atoms with E-state index in [1.165, 1.54) is 0 Å². The number of hydrogen-bond acceptors (Lipinski definition) is 6. The number of nitrogen functional groups attached to an aromatic ring is 1. The number of thiophene rings is 1. The van der Waals surface area contributed by atoms with Crippen LogP contribution in [0.1, 0.15) is 11.1 Å². The van der Waals surface area contributed by atoms with E-state index < -0.39 is 0 Å². The number of nitrogens with two attached hydrogens (primary N) is 1. The summed E-state index contributed by atoms with van der Waals surface area (Å²) >= 11 is 1.61. The van der Waals surface area contributed by atoms with Gasteiger partial charge in [0.2, 0.25) is 0 Å². The number of anilines is 2. The SMILES string of the molecule is N#Cc1ccc(N(Cc2ccc(N)cc2)n2cnnc2)cc1-c1ccsc1. The summed E-state index contributed by atoms with van der Waals surface area (Å²) in [5.41, 5.74) is 11.2. The third kappa shape index (κ3) is 3.52. The van der Waals surface area contributed by atoms with E-state index in [0.29, 0.717) is 12.1 Å². The van der Waals surface area contributed by atoms with Gasteiger partial charge in [0.05, 0.1) is 23.9 Å². The van der Waals surface area contributed by atoms with Gasteiger partial charge in [-0.05, 0) is 58.3 Å². The molecule has 0 saturated heterocycles. The van der Waals surface area contributed by atoms with Crippen molar-refractivity contribution in [3.8, 4) is 17.2 Å². The Balaban J connectivity index is 1.77. The van der Waals surface area contributed by atoms with E-state index in [0.717, 1.165) is 28.1 Å². The van der Waals surface area contributed by atoms with E-state index >= 15 is 0 Å². The van der Waals surface area contributed by atoms with E-state index in [1.54, 1.807) is 24.0 Å². The summed E-state index contributed by atoms with van der Waals surface area (Å²) in [6.45, 7) is 0.604. The lowest BCUT2D eigenvalue weighted by Crippen LogP contribution is -2.27. The fourth-order valence-electron chi connectivity index (χ4n) is 2.87. The van der Waals surface area contributed by atoms with Crippen LogP contribution in [0.3, 0.4) is 0 Å². The van der Waals surface area contributed by atoms with Gasteiger partial charge in [-0.25, -0.2) is 4.68 Å². The Labute approximate surface area is 160 Å². The Morgan fingerprint density at radius 1 is 1.07 bits per heavy atom. The van der Waals surface area contributed by atoms with Gasteiger partial charge in [-0.3, -0.25) is 5.01 Å². The van der Waals surface area contributed by atoms with E-state index in [2.05, 4.69) is 16.3 Å². The Morgan fingerprint density at radius 3 is 2.52 bits per heavy atom. The van der Waals surface area contributed by atoms with Gasteiger partial charge in [0.1, 0.15) is 12.7 Å². The zero-order chi connectivity index (χ0) is 18.6. The summed E-state index contributed by atoms with van der Waals surface area (Å²) in [6.07, 6.45) is 3.31. The van der Waals surface area contributed by atoms with Crippen molar-refractivity contribution < 1.29 is 0 Å². The first-order chi connectivity index (χ1) is 13.2. The number of aromatic nitrogens is 3. The van der Waals surface area contributed by atoms with Gasteiger partial charge in [0.25, 0.3) is 0 Å². The van der Waals surface area contributed by atoms with Crippen molar-refractivity contribution in [2.45, 2.75) is 6.54 Å². The highest BCUT2D eigenvalue weighted by molar-refractivity contribution is 7.08. The third-order valence-electron chi connectivity index (χ3n) is 4.25. The second-order valence-electron chi connectivity index (χ2n) is 5.99. The fourth-order valence-corrected chi connectivity index (χ4v) is 3.52. The molecule has 0 bridgehead atoms. The molecule has 4 aromatic rings. The van der Waals surface area contributed by atoms with Crippen LogP contribution < -0.4 is 10.7 Å². The van der Waals surface area contributed by atoms with E-state index in [9.17, 15) is 5.26 Å². The maximum Gasteiger partial charge on any atom is 0.139 e. The minimum absolute atomic E-state index is 0.604. The number of nitrogens with zero attached hydrogens (tertiary/aromatic N) is 5. The standard InChI is InChI=1S/C20H16N6S/c21-10-16-3-6-19(9-20(16)17-7-8-27-12-17)26(25-13-23-24-14-25)11-15-1-4-18(22)5-2-15/h1-9,12-14H,11,22H2. The molecule has 132 valence electrons. The normalized spacial score (nSPS) is 10.5. The largest absolute Gasteiger partial charge is 0.399 e. The zero-order valence-electron chi connectivity index (χ0n) is 14.4. The van der Waals surface area contributed by atoms with Crippen LogP contribution in [0.2, 0.25) is 0 Å². The fraction of sp³-hybridized carbons (Fsp3) is 0.0500. The molecule has 0 aliphatic rings. The van der Waals surface area contributed by atoms with Crippen LogP contribution in [0, 0.1) is 11.3 Å². The quantitative estimate of drug-likeness (QED) is 0.537. The Morgan fingerprint density at radius 2 is 1.85 bits per heavy atom. The van der Waals surface area contributed by atoms with Crippen molar-refractivity contribution in [3.63, 3.8) is 0 Å². The predicted molar refractivity (Wildman–Crippen MR) is 107 cm³/mol. The summed E-state index contributed by atoms with van der Waals surface area (Å²) in [5, 5.41) is 23.5. The van der Waals surface area contributed by atoms with Crippen LogP contribution in [0.15, 0.2) is 71.9 Å². The topological polar surface area (TPSA) is 83.8 Å². The van der Waals surface area contributed by atoms with Gasteiger partial charge in [-0.1, -0.05) is 12.1 Å². The first-order valence-electron chi connectivity index (χ1n) is 8.28. The summed E-state index contributed by atoms with van der Waals surface area (Å²) < 4.78 is 1.83. The molecule has 0 spiro atoms. The molecule has 7 heteroatoms. The molecule has 0 atom stereocenters. The minimum atomic E-state index is 0.604. The Kier molecular flexibility index (Phi) is 4.56. The van der Waals surface area contributed by atoms with Gasteiger partial charge in [0, 0.05) is 11.3 Å². The molecule has 6 nitrogen and oxygen atoms in total. The molecule has 27 heavy (non-hydrogen) atoms. The molecule has 0 aliphatic carbocycles. The van der Waals surface area contributed by atoms with Crippen molar-refractivity contribution in [2.75, 3.05) is 10.7 Å². The Bertz CT molecular complexity index is 1060. The highest BCUT2D eigenvalue weighted by atomic mass is 32.1.